The van der Waals surface area contributed by atoms with Crippen LogP contribution in [0.25, 0.3) is 0 Å². The Bertz CT molecular complexity index is 472. The summed E-state index contributed by atoms with van der Waals surface area (Å²) in [6.07, 6.45) is 6.42. The Morgan fingerprint density at radius 3 is 3.00 bits per heavy atom. The van der Waals surface area contributed by atoms with Crippen molar-refractivity contribution in [3.63, 3.8) is 0 Å². The molecule has 1 saturated heterocycles. The standard InChI is InChI=1S/C14H20N4O/c1-10(19)17-12-4-5-18(8-12)14-7-13(15-9-16-14)6-11-2-3-11/h7,9,11-12H,2-6,8H2,1H3,(H,17,19). The summed E-state index contributed by atoms with van der Waals surface area (Å²) in [6, 6.07) is 2.36. The van der Waals surface area contributed by atoms with E-state index in [2.05, 4.69) is 26.3 Å². The highest BCUT2D eigenvalue weighted by Gasteiger charge is 2.25. The molecule has 1 amide bonds. The molecule has 5 nitrogen and oxygen atoms in total. The summed E-state index contributed by atoms with van der Waals surface area (Å²) in [4.78, 5) is 22.0. The molecule has 3 rings (SSSR count). The average molecular weight is 260 g/mol. The molecule has 0 radical (unpaired) electrons. The van der Waals surface area contributed by atoms with Gasteiger partial charge in [0.25, 0.3) is 0 Å². The number of hydrogen-bond acceptors (Lipinski definition) is 4. The molecule has 2 aliphatic rings. The molecule has 0 aromatic carbocycles. The lowest BCUT2D eigenvalue weighted by molar-refractivity contribution is -0.119. The zero-order valence-corrected chi connectivity index (χ0v) is 11.3. The molecule has 2 heterocycles. The molecule has 102 valence electrons. The van der Waals surface area contributed by atoms with Crippen LogP contribution in [-0.2, 0) is 11.2 Å². The second-order valence-corrected chi connectivity index (χ2v) is 5.65. The monoisotopic (exact) mass is 260 g/mol. The minimum atomic E-state index is 0.0453. The summed E-state index contributed by atoms with van der Waals surface area (Å²) < 4.78 is 0. The van der Waals surface area contributed by atoms with E-state index in [-0.39, 0.29) is 11.9 Å². The molecule has 1 aromatic rings. The van der Waals surface area contributed by atoms with Crippen LogP contribution in [0.5, 0.6) is 0 Å². The number of rotatable bonds is 4. The predicted molar refractivity (Wildman–Crippen MR) is 72.9 cm³/mol. The van der Waals surface area contributed by atoms with E-state index >= 15 is 0 Å². The van der Waals surface area contributed by atoms with Crippen molar-refractivity contribution in [1.29, 1.82) is 0 Å². The first-order chi connectivity index (χ1) is 9.20. The second kappa shape index (κ2) is 5.15. The summed E-state index contributed by atoms with van der Waals surface area (Å²) in [5.74, 6) is 1.89. The molecule has 2 fully saturated rings. The van der Waals surface area contributed by atoms with Crippen molar-refractivity contribution in [3.8, 4) is 0 Å². The van der Waals surface area contributed by atoms with Crippen LogP contribution in [0.15, 0.2) is 12.4 Å². The molecule has 0 spiro atoms. The molecule has 1 unspecified atom stereocenters. The maximum atomic E-state index is 11.1. The van der Waals surface area contributed by atoms with Gasteiger partial charge in [-0.15, -0.1) is 0 Å². The fourth-order valence-corrected chi connectivity index (χ4v) is 2.66. The molecule has 1 aromatic heterocycles. The van der Waals surface area contributed by atoms with Gasteiger partial charge in [0.05, 0.1) is 0 Å². The molecule has 19 heavy (non-hydrogen) atoms. The maximum absolute atomic E-state index is 11.1. The topological polar surface area (TPSA) is 58.1 Å². The summed E-state index contributed by atoms with van der Waals surface area (Å²) in [5.41, 5.74) is 1.15. The van der Waals surface area contributed by atoms with Crippen LogP contribution >= 0.6 is 0 Å². The Morgan fingerprint density at radius 1 is 1.42 bits per heavy atom. The number of nitrogens with one attached hydrogen (secondary N) is 1. The van der Waals surface area contributed by atoms with Gasteiger partial charge in [0.1, 0.15) is 12.1 Å². The molecular weight excluding hydrogens is 240 g/mol. The second-order valence-electron chi connectivity index (χ2n) is 5.65. The molecular formula is C14H20N4O. The molecule has 1 atom stereocenters. The van der Waals surface area contributed by atoms with Gasteiger partial charge >= 0.3 is 0 Å². The van der Waals surface area contributed by atoms with Crippen LogP contribution in [0, 0.1) is 5.92 Å². The van der Waals surface area contributed by atoms with Gasteiger partial charge in [-0.25, -0.2) is 9.97 Å². The van der Waals surface area contributed by atoms with E-state index in [1.807, 2.05) is 0 Å². The number of carbonyl (C=O) groups excluding carboxylic acids is 1. The Balaban J connectivity index is 1.63. The fourth-order valence-electron chi connectivity index (χ4n) is 2.66. The molecule has 1 aliphatic heterocycles. The number of anilines is 1. The van der Waals surface area contributed by atoms with E-state index in [1.54, 1.807) is 13.3 Å². The first kappa shape index (κ1) is 12.4. The van der Waals surface area contributed by atoms with Gasteiger partial charge in [0.2, 0.25) is 5.91 Å². The van der Waals surface area contributed by atoms with Crippen molar-refractivity contribution in [3.05, 3.63) is 18.1 Å². The fraction of sp³-hybridized carbons (Fsp3) is 0.643. The van der Waals surface area contributed by atoms with E-state index in [0.29, 0.717) is 0 Å². The van der Waals surface area contributed by atoms with Crippen molar-refractivity contribution in [2.24, 2.45) is 5.92 Å². The Hall–Kier alpha value is -1.65. The largest absolute Gasteiger partial charge is 0.354 e. The van der Waals surface area contributed by atoms with Crippen LogP contribution < -0.4 is 10.2 Å². The minimum Gasteiger partial charge on any atom is -0.354 e. The molecule has 1 aliphatic carbocycles. The normalized spacial score (nSPS) is 22.6. The number of nitrogens with zero attached hydrogens (tertiary/aromatic N) is 3. The van der Waals surface area contributed by atoms with Gasteiger partial charge in [-0.05, 0) is 31.6 Å². The van der Waals surface area contributed by atoms with E-state index in [0.717, 1.165) is 43.4 Å². The third kappa shape index (κ3) is 3.22. The number of amides is 1. The Labute approximate surface area is 113 Å². The average Bonchev–Trinajstić information content (AvgIpc) is 3.06. The molecule has 0 bridgehead atoms. The highest BCUT2D eigenvalue weighted by atomic mass is 16.1. The number of aromatic nitrogens is 2. The third-order valence-corrected chi connectivity index (χ3v) is 3.82. The van der Waals surface area contributed by atoms with Crippen LogP contribution in [0.1, 0.15) is 31.9 Å². The predicted octanol–water partition coefficient (Wildman–Crippen LogP) is 1.14. The smallest absolute Gasteiger partial charge is 0.217 e. The zero-order valence-electron chi connectivity index (χ0n) is 11.3. The van der Waals surface area contributed by atoms with Crippen molar-refractivity contribution < 1.29 is 4.79 Å². The van der Waals surface area contributed by atoms with Gasteiger partial charge in [0.15, 0.2) is 0 Å². The van der Waals surface area contributed by atoms with Crippen LogP contribution in [0.4, 0.5) is 5.82 Å². The van der Waals surface area contributed by atoms with Crippen molar-refractivity contribution >= 4 is 11.7 Å². The summed E-state index contributed by atoms with van der Waals surface area (Å²) in [6.45, 7) is 3.37. The zero-order chi connectivity index (χ0) is 13.2. The Kier molecular flexibility index (Phi) is 3.36. The van der Waals surface area contributed by atoms with Crippen molar-refractivity contribution in [2.45, 2.75) is 38.6 Å². The SMILES string of the molecule is CC(=O)NC1CCN(c2cc(CC3CC3)ncn2)C1. The van der Waals surface area contributed by atoms with Gasteiger partial charge < -0.3 is 10.2 Å². The van der Waals surface area contributed by atoms with Crippen LogP contribution in [-0.4, -0.2) is 35.0 Å². The van der Waals surface area contributed by atoms with Crippen molar-refractivity contribution in [2.75, 3.05) is 18.0 Å². The van der Waals surface area contributed by atoms with E-state index in [1.165, 1.54) is 12.8 Å². The number of hydrogen-bond donors (Lipinski definition) is 1. The summed E-state index contributed by atoms with van der Waals surface area (Å²) in [7, 11) is 0. The highest BCUT2D eigenvalue weighted by molar-refractivity contribution is 5.73. The van der Waals surface area contributed by atoms with Gasteiger partial charge in [0, 0.05) is 37.8 Å². The number of carbonyl (C=O) groups is 1. The molecule has 5 heteroatoms. The van der Waals surface area contributed by atoms with Crippen LogP contribution in [0.3, 0.4) is 0 Å². The third-order valence-electron chi connectivity index (χ3n) is 3.82. The molecule has 1 N–H and O–H groups in total. The lowest BCUT2D eigenvalue weighted by atomic mass is 10.2. The summed E-state index contributed by atoms with van der Waals surface area (Å²) in [5, 5.41) is 2.97. The first-order valence-corrected chi connectivity index (χ1v) is 7.03. The lowest BCUT2D eigenvalue weighted by Gasteiger charge is -2.18. The minimum absolute atomic E-state index is 0.0453. The van der Waals surface area contributed by atoms with E-state index < -0.39 is 0 Å². The van der Waals surface area contributed by atoms with E-state index in [4.69, 9.17) is 0 Å². The summed E-state index contributed by atoms with van der Waals surface area (Å²) >= 11 is 0. The van der Waals surface area contributed by atoms with Gasteiger partial charge in [-0.1, -0.05) is 0 Å². The molecule has 1 saturated carbocycles. The van der Waals surface area contributed by atoms with E-state index in [9.17, 15) is 4.79 Å². The van der Waals surface area contributed by atoms with Crippen LogP contribution in [0.2, 0.25) is 0 Å². The maximum Gasteiger partial charge on any atom is 0.217 e. The quantitative estimate of drug-likeness (QED) is 0.882. The van der Waals surface area contributed by atoms with Gasteiger partial charge in [-0.2, -0.15) is 0 Å². The van der Waals surface area contributed by atoms with Crippen molar-refractivity contribution in [1.82, 2.24) is 15.3 Å². The first-order valence-electron chi connectivity index (χ1n) is 7.03. The highest BCUT2D eigenvalue weighted by Crippen LogP contribution is 2.32. The lowest BCUT2D eigenvalue weighted by Crippen LogP contribution is -2.35. The van der Waals surface area contributed by atoms with Gasteiger partial charge in [-0.3, -0.25) is 4.79 Å². The Morgan fingerprint density at radius 2 is 2.26 bits per heavy atom.